The largest absolute Gasteiger partial charge is 0.493 e. The van der Waals surface area contributed by atoms with Crippen molar-refractivity contribution in [1.29, 1.82) is 0 Å². The van der Waals surface area contributed by atoms with Crippen molar-refractivity contribution in [3.8, 4) is 11.5 Å². The van der Waals surface area contributed by atoms with E-state index in [-0.39, 0.29) is 17.9 Å². The van der Waals surface area contributed by atoms with Gasteiger partial charge in [0.05, 0.1) is 19.8 Å². The molecule has 0 bridgehead atoms. The van der Waals surface area contributed by atoms with Gasteiger partial charge in [0.2, 0.25) is 0 Å². The van der Waals surface area contributed by atoms with Gasteiger partial charge in [-0.2, -0.15) is 0 Å². The van der Waals surface area contributed by atoms with Crippen LogP contribution in [0.5, 0.6) is 11.5 Å². The SMILES string of the molecule is COc1ccc(C(=O)N2CCC(NC(=O)c3ccccc3Br)CC2)cc1OC. The highest BCUT2D eigenvalue weighted by Gasteiger charge is 2.25. The molecule has 1 heterocycles. The maximum atomic E-state index is 12.8. The van der Waals surface area contributed by atoms with Crippen LogP contribution < -0.4 is 14.8 Å². The Hall–Kier alpha value is -2.54. The first kappa shape index (κ1) is 20.2. The Bertz CT molecular complexity index is 863. The predicted molar refractivity (Wildman–Crippen MR) is 110 cm³/mol. The van der Waals surface area contributed by atoms with Gasteiger partial charge in [0.1, 0.15) is 0 Å². The second-order valence-electron chi connectivity index (χ2n) is 6.59. The molecule has 2 aromatic carbocycles. The predicted octanol–water partition coefficient (Wildman–Crippen LogP) is 3.50. The highest BCUT2D eigenvalue weighted by molar-refractivity contribution is 9.10. The third-order valence-electron chi connectivity index (χ3n) is 4.87. The molecule has 0 unspecified atom stereocenters. The number of hydrogen-bond donors (Lipinski definition) is 1. The van der Waals surface area contributed by atoms with Crippen molar-refractivity contribution < 1.29 is 19.1 Å². The van der Waals surface area contributed by atoms with Gasteiger partial charge in [-0.25, -0.2) is 0 Å². The van der Waals surface area contributed by atoms with E-state index in [4.69, 9.17) is 9.47 Å². The molecule has 1 aliphatic rings. The van der Waals surface area contributed by atoms with Crippen LogP contribution in [0.2, 0.25) is 0 Å². The topological polar surface area (TPSA) is 67.9 Å². The molecule has 0 radical (unpaired) electrons. The van der Waals surface area contributed by atoms with Gasteiger partial charge in [-0.15, -0.1) is 0 Å². The van der Waals surface area contributed by atoms with E-state index >= 15 is 0 Å². The number of carbonyl (C=O) groups is 2. The van der Waals surface area contributed by atoms with Gasteiger partial charge in [-0.05, 0) is 59.1 Å². The van der Waals surface area contributed by atoms with E-state index in [0.29, 0.717) is 35.7 Å². The molecular weight excluding hydrogens is 424 g/mol. The molecule has 7 heteroatoms. The summed E-state index contributed by atoms with van der Waals surface area (Å²) in [4.78, 5) is 27.1. The van der Waals surface area contributed by atoms with Crippen molar-refractivity contribution in [1.82, 2.24) is 10.2 Å². The summed E-state index contributed by atoms with van der Waals surface area (Å²) in [5.41, 5.74) is 1.18. The molecule has 0 atom stereocenters. The number of piperidine rings is 1. The summed E-state index contributed by atoms with van der Waals surface area (Å²) in [5.74, 6) is 0.977. The molecule has 0 aliphatic carbocycles. The fourth-order valence-electron chi connectivity index (χ4n) is 3.29. The second kappa shape index (κ2) is 9.10. The van der Waals surface area contributed by atoms with Crippen molar-refractivity contribution in [2.24, 2.45) is 0 Å². The molecule has 0 aromatic heterocycles. The lowest BCUT2D eigenvalue weighted by atomic mass is 10.0. The van der Waals surface area contributed by atoms with Crippen LogP contribution in [-0.4, -0.2) is 50.1 Å². The summed E-state index contributed by atoms with van der Waals surface area (Å²) in [5, 5.41) is 3.07. The average Bonchev–Trinajstić information content (AvgIpc) is 2.73. The lowest BCUT2D eigenvalue weighted by Gasteiger charge is -2.32. The molecule has 1 fully saturated rings. The number of nitrogens with zero attached hydrogens (tertiary/aromatic N) is 1. The van der Waals surface area contributed by atoms with Crippen LogP contribution >= 0.6 is 15.9 Å². The number of benzene rings is 2. The highest BCUT2D eigenvalue weighted by atomic mass is 79.9. The summed E-state index contributed by atoms with van der Waals surface area (Å²) >= 11 is 3.41. The number of halogens is 1. The van der Waals surface area contributed by atoms with Gasteiger partial charge in [-0.3, -0.25) is 9.59 Å². The van der Waals surface area contributed by atoms with Crippen LogP contribution in [-0.2, 0) is 0 Å². The first-order valence-electron chi connectivity index (χ1n) is 9.10. The van der Waals surface area contributed by atoms with Gasteiger partial charge in [-0.1, -0.05) is 12.1 Å². The number of carbonyl (C=O) groups excluding carboxylic acids is 2. The normalized spacial score (nSPS) is 14.5. The fourth-order valence-corrected chi connectivity index (χ4v) is 3.75. The average molecular weight is 447 g/mol. The van der Waals surface area contributed by atoms with Gasteiger partial charge < -0.3 is 19.7 Å². The number of ether oxygens (including phenoxy) is 2. The minimum absolute atomic E-state index is 0.0449. The number of methoxy groups -OCH3 is 2. The lowest BCUT2D eigenvalue weighted by molar-refractivity contribution is 0.0697. The molecule has 1 aliphatic heterocycles. The quantitative estimate of drug-likeness (QED) is 0.762. The van der Waals surface area contributed by atoms with Crippen molar-refractivity contribution in [3.63, 3.8) is 0 Å². The molecule has 3 rings (SSSR count). The summed E-state index contributed by atoms with van der Waals surface area (Å²) in [6.07, 6.45) is 1.43. The molecule has 2 amide bonds. The Morgan fingerprint density at radius 3 is 2.36 bits per heavy atom. The third-order valence-corrected chi connectivity index (χ3v) is 5.56. The Labute approximate surface area is 172 Å². The molecule has 148 valence electrons. The van der Waals surface area contributed by atoms with E-state index in [1.54, 1.807) is 38.5 Å². The molecule has 0 spiro atoms. The number of rotatable bonds is 5. The zero-order valence-electron chi connectivity index (χ0n) is 15.9. The molecule has 0 saturated carbocycles. The van der Waals surface area contributed by atoms with Crippen molar-refractivity contribution in [2.45, 2.75) is 18.9 Å². The molecule has 1 saturated heterocycles. The van der Waals surface area contributed by atoms with E-state index in [1.165, 1.54) is 0 Å². The minimum Gasteiger partial charge on any atom is -0.493 e. The van der Waals surface area contributed by atoms with Crippen LogP contribution in [0.3, 0.4) is 0 Å². The Morgan fingerprint density at radius 2 is 1.71 bits per heavy atom. The fraction of sp³-hybridized carbons (Fsp3) is 0.333. The second-order valence-corrected chi connectivity index (χ2v) is 7.44. The summed E-state index contributed by atoms with van der Waals surface area (Å²) in [6.45, 7) is 1.18. The van der Waals surface area contributed by atoms with E-state index < -0.39 is 0 Å². The van der Waals surface area contributed by atoms with E-state index in [9.17, 15) is 9.59 Å². The summed E-state index contributed by atoms with van der Waals surface area (Å²) in [6, 6.07) is 12.6. The van der Waals surface area contributed by atoms with Crippen molar-refractivity contribution in [3.05, 3.63) is 58.1 Å². The van der Waals surface area contributed by atoms with Crippen LogP contribution in [0.1, 0.15) is 33.6 Å². The number of likely N-dealkylation sites (tertiary alicyclic amines) is 1. The first-order chi connectivity index (χ1) is 13.5. The molecule has 1 N–H and O–H groups in total. The zero-order chi connectivity index (χ0) is 20.1. The Morgan fingerprint density at radius 1 is 1.04 bits per heavy atom. The van der Waals surface area contributed by atoms with Crippen LogP contribution in [0.4, 0.5) is 0 Å². The first-order valence-corrected chi connectivity index (χ1v) is 9.89. The van der Waals surface area contributed by atoms with Crippen LogP contribution in [0.25, 0.3) is 0 Å². The Kier molecular flexibility index (Phi) is 6.57. The monoisotopic (exact) mass is 446 g/mol. The number of hydrogen-bond acceptors (Lipinski definition) is 4. The van der Waals surface area contributed by atoms with E-state index in [0.717, 1.165) is 17.3 Å². The van der Waals surface area contributed by atoms with Gasteiger partial charge in [0.25, 0.3) is 11.8 Å². The lowest BCUT2D eigenvalue weighted by Crippen LogP contribution is -2.46. The minimum atomic E-state index is -0.0999. The molecule has 28 heavy (non-hydrogen) atoms. The maximum absolute atomic E-state index is 12.8. The van der Waals surface area contributed by atoms with Gasteiger partial charge in [0.15, 0.2) is 11.5 Å². The molecule has 2 aromatic rings. The number of nitrogens with one attached hydrogen (secondary N) is 1. The van der Waals surface area contributed by atoms with Crippen LogP contribution in [0.15, 0.2) is 46.9 Å². The van der Waals surface area contributed by atoms with Crippen LogP contribution in [0, 0.1) is 0 Å². The van der Waals surface area contributed by atoms with Gasteiger partial charge in [0, 0.05) is 29.2 Å². The molecular formula is C21H23BrN2O4. The standard InChI is InChI=1S/C21H23BrN2O4/c1-27-18-8-7-14(13-19(18)28-2)21(26)24-11-9-15(10-12-24)23-20(25)16-5-3-4-6-17(16)22/h3-8,13,15H,9-12H2,1-2H3,(H,23,25). The zero-order valence-corrected chi connectivity index (χ0v) is 17.5. The summed E-state index contributed by atoms with van der Waals surface area (Å²) in [7, 11) is 3.11. The van der Waals surface area contributed by atoms with Crippen molar-refractivity contribution in [2.75, 3.05) is 27.3 Å². The van der Waals surface area contributed by atoms with Gasteiger partial charge >= 0.3 is 0 Å². The third kappa shape index (κ3) is 4.47. The summed E-state index contributed by atoms with van der Waals surface area (Å²) < 4.78 is 11.3. The van der Waals surface area contributed by atoms with E-state index in [1.807, 2.05) is 23.1 Å². The van der Waals surface area contributed by atoms with E-state index in [2.05, 4.69) is 21.2 Å². The number of amides is 2. The maximum Gasteiger partial charge on any atom is 0.253 e. The highest BCUT2D eigenvalue weighted by Crippen LogP contribution is 2.28. The Balaban J connectivity index is 1.58. The smallest absolute Gasteiger partial charge is 0.253 e. The van der Waals surface area contributed by atoms with Crippen molar-refractivity contribution >= 4 is 27.7 Å². The molecule has 6 nitrogen and oxygen atoms in total.